The number of phenolic OH excluding ortho intramolecular Hbond substituents is 1. The number of halogens is 2. The molecule has 0 bridgehead atoms. The van der Waals surface area contributed by atoms with E-state index in [1.54, 1.807) is 13.0 Å². The van der Waals surface area contributed by atoms with E-state index in [-0.39, 0.29) is 48.0 Å². The molecule has 48 heavy (non-hydrogen) atoms. The number of hydrogen-bond acceptors (Lipinski definition) is 9. The van der Waals surface area contributed by atoms with E-state index in [1.807, 2.05) is 0 Å². The fourth-order valence-electron chi connectivity index (χ4n) is 4.36. The Morgan fingerprint density at radius 2 is 1.67 bits per heavy atom. The summed E-state index contributed by atoms with van der Waals surface area (Å²) in [6.45, 7) is 3.25. The summed E-state index contributed by atoms with van der Waals surface area (Å²) < 4.78 is 85.8. The molecule has 3 atom stereocenters. The van der Waals surface area contributed by atoms with Gasteiger partial charge in [0.05, 0.1) is 24.7 Å². The third-order valence-corrected chi connectivity index (χ3v) is 10.3. The minimum atomic E-state index is -5.39. The highest BCUT2D eigenvalue weighted by atomic mass is 32.2. The van der Waals surface area contributed by atoms with Gasteiger partial charge in [-0.25, -0.2) is 13.2 Å². The average Bonchev–Trinajstić information content (AvgIpc) is 3.05. The van der Waals surface area contributed by atoms with Gasteiger partial charge in [0.2, 0.25) is 15.9 Å². The molecule has 262 valence electrons. The number of sulfonamides is 1. The van der Waals surface area contributed by atoms with Gasteiger partial charge in [-0.2, -0.15) is 13.5 Å². The molecule has 0 aromatic heterocycles. The van der Waals surface area contributed by atoms with Crippen molar-refractivity contribution in [2.24, 2.45) is 0 Å². The third kappa shape index (κ3) is 10.1. The highest BCUT2D eigenvalue weighted by Gasteiger charge is 2.53. The normalized spacial score (nSPS) is 14.4. The van der Waals surface area contributed by atoms with Gasteiger partial charge in [0.25, 0.3) is 0 Å². The molecular formula is C32H39F2N2O10PS. The van der Waals surface area contributed by atoms with Crippen LogP contribution in [0.4, 0.5) is 8.78 Å². The Balaban J connectivity index is 1.69. The van der Waals surface area contributed by atoms with E-state index < -0.39 is 52.9 Å². The summed E-state index contributed by atoms with van der Waals surface area (Å²) in [5.74, 6) is -1.64. The molecule has 0 spiro atoms. The van der Waals surface area contributed by atoms with Crippen LogP contribution in [-0.2, 0) is 40.7 Å². The van der Waals surface area contributed by atoms with Crippen LogP contribution in [0.25, 0.3) is 0 Å². The zero-order chi connectivity index (χ0) is 35.5. The second-order valence-corrected chi connectivity index (χ2v) is 14.3. The van der Waals surface area contributed by atoms with Crippen molar-refractivity contribution in [2.45, 2.75) is 62.2 Å². The maximum Gasteiger partial charge on any atom is 0.402 e. The van der Waals surface area contributed by atoms with Gasteiger partial charge in [0, 0.05) is 12.1 Å². The van der Waals surface area contributed by atoms with Crippen LogP contribution in [0.5, 0.6) is 11.5 Å². The first kappa shape index (κ1) is 38.6. The fraction of sp³-hybridized carbons (Fsp3) is 0.375. The predicted octanol–water partition coefficient (Wildman–Crippen LogP) is 5.09. The molecule has 3 aromatic rings. The van der Waals surface area contributed by atoms with Crippen molar-refractivity contribution in [2.75, 3.05) is 20.3 Å². The van der Waals surface area contributed by atoms with E-state index in [1.165, 1.54) is 68.6 Å². The smallest absolute Gasteiger partial charge is 0.402 e. The molecule has 0 radical (unpaired) electrons. The summed E-state index contributed by atoms with van der Waals surface area (Å²) in [6.07, 6.45) is -0.0802. The highest BCUT2D eigenvalue weighted by molar-refractivity contribution is 7.89. The van der Waals surface area contributed by atoms with E-state index in [0.717, 1.165) is 12.1 Å². The number of ether oxygens (including phenoxy) is 2. The first-order valence-corrected chi connectivity index (χ1v) is 18.1. The van der Waals surface area contributed by atoms with Crippen LogP contribution < -0.4 is 14.8 Å². The Kier molecular flexibility index (Phi) is 13.6. The van der Waals surface area contributed by atoms with Crippen molar-refractivity contribution in [3.05, 3.63) is 89.5 Å². The van der Waals surface area contributed by atoms with Crippen molar-refractivity contribution in [3.8, 4) is 11.5 Å². The number of unbranched alkanes of at least 4 members (excludes halogenated alkanes) is 1. The number of nitrogens with one attached hydrogen (secondary N) is 2. The van der Waals surface area contributed by atoms with Gasteiger partial charge in [-0.15, -0.1) is 0 Å². The van der Waals surface area contributed by atoms with Crippen molar-refractivity contribution < 1.29 is 55.4 Å². The lowest BCUT2D eigenvalue weighted by molar-refractivity contribution is -0.122. The third-order valence-electron chi connectivity index (χ3n) is 7.18. The molecule has 3 unspecified atom stereocenters. The molecule has 0 aliphatic carbocycles. The summed E-state index contributed by atoms with van der Waals surface area (Å²) in [7, 11) is -8.39. The standard InChI is InChI=1S/C32H39F2N2O10PS/c1-4-22(2)46-47(40,41)32(33,34)24-17-15-23(16-18-24)21-26(36-48(42,43)25-11-6-5-7-12-25)30(38)35-19-8-9-20-45-28-14-10-13-27(37)29(28)31(39)44-3/h5-7,10-18,22,26,36-37H,4,8-9,19-21H2,1-3H3,(H,35,38)(H,40,41). The van der Waals surface area contributed by atoms with Crippen LogP contribution in [0.15, 0.2) is 77.7 Å². The van der Waals surface area contributed by atoms with E-state index in [2.05, 4.69) is 14.8 Å². The number of benzene rings is 3. The van der Waals surface area contributed by atoms with Crippen LogP contribution in [0, 0.1) is 0 Å². The molecule has 1 amide bonds. The van der Waals surface area contributed by atoms with Crippen molar-refractivity contribution in [1.29, 1.82) is 0 Å². The maximum atomic E-state index is 14.9. The monoisotopic (exact) mass is 712 g/mol. The van der Waals surface area contributed by atoms with Crippen LogP contribution >= 0.6 is 7.60 Å². The van der Waals surface area contributed by atoms with Crippen LogP contribution in [0.3, 0.4) is 0 Å². The first-order valence-electron chi connectivity index (χ1n) is 15.0. The number of esters is 1. The molecule has 0 heterocycles. The lowest BCUT2D eigenvalue weighted by atomic mass is 10.0. The van der Waals surface area contributed by atoms with E-state index in [9.17, 15) is 41.4 Å². The number of hydrogen-bond donors (Lipinski definition) is 4. The predicted molar refractivity (Wildman–Crippen MR) is 172 cm³/mol. The molecule has 0 saturated heterocycles. The van der Waals surface area contributed by atoms with Crippen LogP contribution in [0.2, 0.25) is 0 Å². The van der Waals surface area contributed by atoms with Crippen molar-refractivity contribution in [3.63, 3.8) is 0 Å². The van der Waals surface area contributed by atoms with Gasteiger partial charge in [-0.1, -0.05) is 55.5 Å². The van der Waals surface area contributed by atoms with Crippen LogP contribution in [0.1, 0.15) is 54.6 Å². The topological polar surface area (TPSA) is 178 Å². The molecule has 4 N–H and O–H groups in total. The Morgan fingerprint density at radius 3 is 2.29 bits per heavy atom. The van der Waals surface area contributed by atoms with Crippen molar-refractivity contribution in [1.82, 2.24) is 10.0 Å². The Hall–Kier alpha value is -3.88. The Bertz CT molecular complexity index is 1690. The quantitative estimate of drug-likeness (QED) is 0.0789. The summed E-state index contributed by atoms with van der Waals surface area (Å²) in [4.78, 5) is 35.1. The number of rotatable bonds is 18. The second-order valence-electron chi connectivity index (χ2n) is 10.8. The van der Waals surface area contributed by atoms with Crippen LogP contribution in [-0.4, -0.2) is 62.7 Å². The molecule has 0 aliphatic rings. The molecular weight excluding hydrogens is 673 g/mol. The van der Waals surface area contributed by atoms with Gasteiger partial charge < -0.3 is 29.3 Å². The van der Waals surface area contributed by atoms with E-state index in [4.69, 9.17) is 9.26 Å². The molecule has 3 rings (SSSR count). The van der Waals surface area contributed by atoms with Crippen molar-refractivity contribution >= 4 is 29.5 Å². The van der Waals surface area contributed by atoms with Gasteiger partial charge in [0.1, 0.15) is 23.1 Å². The molecule has 3 aromatic carbocycles. The SMILES string of the molecule is CCC(C)OP(=O)(O)C(F)(F)c1ccc(CC(NS(=O)(=O)c2ccccc2)C(=O)NCCCCOc2cccc(O)c2C(=O)OC)cc1. The second kappa shape index (κ2) is 17.0. The highest BCUT2D eigenvalue weighted by Crippen LogP contribution is 2.63. The molecule has 12 nitrogen and oxygen atoms in total. The zero-order valence-electron chi connectivity index (χ0n) is 26.6. The van der Waals surface area contributed by atoms with Gasteiger partial charge in [0.15, 0.2) is 0 Å². The summed E-state index contributed by atoms with van der Waals surface area (Å²) in [5.41, 5.74) is -4.82. The Labute approximate surface area is 278 Å². The van der Waals surface area contributed by atoms with E-state index in [0.29, 0.717) is 18.4 Å². The lowest BCUT2D eigenvalue weighted by Crippen LogP contribution is -2.48. The summed E-state index contributed by atoms with van der Waals surface area (Å²) in [6, 6.07) is 14.6. The number of amides is 1. The first-order chi connectivity index (χ1) is 22.6. The number of alkyl halides is 2. The molecule has 0 fully saturated rings. The maximum absolute atomic E-state index is 14.9. The summed E-state index contributed by atoms with van der Waals surface area (Å²) in [5, 5.41) is 12.6. The zero-order valence-corrected chi connectivity index (χ0v) is 28.3. The number of carbonyl (C=O) groups excluding carboxylic acids is 2. The largest absolute Gasteiger partial charge is 0.507 e. The van der Waals surface area contributed by atoms with Gasteiger partial charge in [-0.3, -0.25) is 9.36 Å². The number of carbonyl (C=O) groups is 2. The minimum Gasteiger partial charge on any atom is -0.507 e. The van der Waals surface area contributed by atoms with Gasteiger partial charge in [-0.05, 0) is 62.4 Å². The lowest BCUT2D eigenvalue weighted by Gasteiger charge is -2.25. The molecule has 0 aliphatic heterocycles. The van der Waals surface area contributed by atoms with Gasteiger partial charge >= 0.3 is 19.2 Å². The Morgan fingerprint density at radius 1 is 1.00 bits per heavy atom. The minimum absolute atomic E-state index is 0.0896. The molecule has 16 heteroatoms. The number of phenols is 1. The fourth-order valence-corrected chi connectivity index (χ4v) is 6.82. The summed E-state index contributed by atoms with van der Waals surface area (Å²) >= 11 is 0. The number of aromatic hydroxyl groups is 1. The number of methoxy groups -OCH3 is 1. The van der Waals surface area contributed by atoms with E-state index >= 15 is 0 Å². The average molecular weight is 713 g/mol. The molecule has 0 saturated carbocycles.